The molecule has 1 nitrogen and oxygen atoms in total. The second kappa shape index (κ2) is 5.16. The van der Waals surface area contributed by atoms with E-state index >= 15 is 0 Å². The van der Waals surface area contributed by atoms with Crippen LogP contribution in [0.1, 0.15) is 53.4 Å². The van der Waals surface area contributed by atoms with Crippen molar-refractivity contribution < 1.29 is 0 Å². The predicted octanol–water partition coefficient (Wildman–Crippen LogP) is 3.85. The standard InChI is InChI=1S/C14H27N/c1-6-11-15(5)13-9-7-12(8-10-13)14(2,3)4/h7,13H,6,8-11H2,1-5H3/t13-/m1/s1. The first-order chi connectivity index (χ1) is 6.95. The van der Waals surface area contributed by atoms with Crippen LogP contribution in [0.2, 0.25) is 0 Å². The van der Waals surface area contributed by atoms with Gasteiger partial charge >= 0.3 is 0 Å². The van der Waals surface area contributed by atoms with E-state index in [1.165, 1.54) is 32.2 Å². The Bertz CT molecular complexity index is 222. The Morgan fingerprint density at radius 3 is 2.47 bits per heavy atom. The van der Waals surface area contributed by atoms with Crippen molar-refractivity contribution in [2.75, 3.05) is 13.6 Å². The third-order valence-electron chi connectivity index (χ3n) is 3.55. The van der Waals surface area contributed by atoms with Crippen LogP contribution in [0.25, 0.3) is 0 Å². The normalized spacial score (nSPS) is 23.1. The molecule has 0 saturated carbocycles. The smallest absolute Gasteiger partial charge is 0.0130 e. The molecule has 0 amide bonds. The zero-order valence-corrected chi connectivity index (χ0v) is 11.1. The number of nitrogens with zero attached hydrogens (tertiary/aromatic N) is 1. The fourth-order valence-electron chi connectivity index (χ4n) is 2.44. The molecule has 0 unspecified atom stereocenters. The Morgan fingerprint density at radius 1 is 1.40 bits per heavy atom. The molecule has 0 aromatic rings. The highest BCUT2D eigenvalue weighted by atomic mass is 15.1. The molecule has 0 saturated heterocycles. The topological polar surface area (TPSA) is 3.24 Å². The molecular formula is C14H27N. The lowest BCUT2D eigenvalue weighted by molar-refractivity contribution is 0.220. The molecule has 1 aliphatic carbocycles. The largest absolute Gasteiger partial charge is 0.303 e. The maximum absolute atomic E-state index is 2.52. The van der Waals surface area contributed by atoms with Gasteiger partial charge in [0.2, 0.25) is 0 Å². The average molecular weight is 209 g/mol. The molecule has 1 rings (SSSR count). The van der Waals surface area contributed by atoms with Crippen LogP contribution in [0.3, 0.4) is 0 Å². The lowest BCUT2D eigenvalue weighted by Gasteiger charge is -2.34. The second-order valence-electron chi connectivity index (χ2n) is 5.89. The molecule has 0 N–H and O–H groups in total. The first-order valence-corrected chi connectivity index (χ1v) is 6.35. The van der Waals surface area contributed by atoms with E-state index in [4.69, 9.17) is 0 Å². The summed E-state index contributed by atoms with van der Waals surface area (Å²) in [5.41, 5.74) is 2.04. The first kappa shape index (κ1) is 12.8. The monoisotopic (exact) mass is 209 g/mol. The van der Waals surface area contributed by atoms with Crippen LogP contribution in [-0.4, -0.2) is 24.5 Å². The van der Waals surface area contributed by atoms with E-state index in [1.807, 2.05) is 0 Å². The van der Waals surface area contributed by atoms with Crippen molar-refractivity contribution in [1.29, 1.82) is 0 Å². The fourth-order valence-corrected chi connectivity index (χ4v) is 2.44. The molecule has 1 heteroatoms. The summed E-state index contributed by atoms with van der Waals surface area (Å²) >= 11 is 0. The van der Waals surface area contributed by atoms with Gasteiger partial charge in [0.05, 0.1) is 0 Å². The highest BCUT2D eigenvalue weighted by molar-refractivity contribution is 5.14. The van der Waals surface area contributed by atoms with Gasteiger partial charge < -0.3 is 4.90 Å². The van der Waals surface area contributed by atoms with Gasteiger partial charge in [-0.05, 0) is 44.7 Å². The zero-order valence-electron chi connectivity index (χ0n) is 11.1. The summed E-state index contributed by atoms with van der Waals surface area (Å²) < 4.78 is 0. The molecule has 1 atom stereocenters. The van der Waals surface area contributed by atoms with Gasteiger partial charge in [0.25, 0.3) is 0 Å². The van der Waals surface area contributed by atoms with Crippen molar-refractivity contribution in [3.63, 3.8) is 0 Å². The van der Waals surface area contributed by atoms with Crippen molar-refractivity contribution in [3.8, 4) is 0 Å². The zero-order chi connectivity index (χ0) is 11.5. The Morgan fingerprint density at radius 2 is 2.07 bits per heavy atom. The summed E-state index contributed by atoms with van der Waals surface area (Å²) in [6.45, 7) is 10.5. The molecule has 0 bridgehead atoms. The van der Waals surface area contributed by atoms with Crippen LogP contribution >= 0.6 is 0 Å². The third kappa shape index (κ3) is 3.64. The van der Waals surface area contributed by atoms with Gasteiger partial charge in [-0.25, -0.2) is 0 Å². The minimum Gasteiger partial charge on any atom is -0.303 e. The highest BCUT2D eigenvalue weighted by Gasteiger charge is 2.23. The van der Waals surface area contributed by atoms with Crippen molar-refractivity contribution in [3.05, 3.63) is 11.6 Å². The van der Waals surface area contributed by atoms with Crippen LogP contribution in [0, 0.1) is 5.41 Å². The lowest BCUT2D eigenvalue weighted by Crippen LogP contribution is -2.34. The maximum atomic E-state index is 2.52. The predicted molar refractivity (Wildman–Crippen MR) is 68.1 cm³/mol. The van der Waals surface area contributed by atoms with Crippen molar-refractivity contribution in [2.45, 2.75) is 59.4 Å². The number of rotatable bonds is 3. The Hall–Kier alpha value is -0.300. The molecular weight excluding hydrogens is 182 g/mol. The quantitative estimate of drug-likeness (QED) is 0.638. The molecule has 0 aromatic heterocycles. The van der Waals surface area contributed by atoms with Crippen LogP contribution < -0.4 is 0 Å². The average Bonchev–Trinajstić information content (AvgIpc) is 2.17. The van der Waals surface area contributed by atoms with Gasteiger partial charge in [0.15, 0.2) is 0 Å². The molecule has 0 fully saturated rings. The fraction of sp³-hybridized carbons (Fsp3) is 0.857. The Kier molecular flexibility index (Phi) is 4.39. The van der Waals surface area contributed by atoms with Gasteiger partial charge in [-0.2, -0.15) is 0 Å². The van der Waals surface area contributed by atoms with Crippen molar-refractivity contribution >= 4 is 0 Å². The molecule has 0 aromatic carbocycles. The summed E-state index contributed by atoms with van der Waals surface area (Å²) in [6, 6.07) is 0.788. The van der Waals surface area contributed by atoms with Gasteiger partial charge in [-0.15, -0.1) is 0 Å². The molecule has 0 radical (unpaired) electrons. The van der Waals surface area contributed by atoms with E-state index in [0.29, 0.717) is 5.41 Å². The van der Waals surface area contributed by atoms with Gasteiger partial charge in [-0.3, -0.25) is 0 Å². The summed E-state index contributed by atoms with van der Waals surface area (Å²) in [6.07, 6.45) is 7.65. The molecule has 1 aliphatic rings. The summed E-state index contributed by atoms with van der Waals surface area (Å²) in [5.74, 6) is 0. The molecule has 0 spiro atoms. The first-order valence-electron chi connectivity index (χ1n) is 6.35. The summed E-state index contributed by atoms with van der Waals surface area (Å²) in [7, 11) is 2.27. The van der Waals surface area contributed by atoms with Gasteiger partial charge in [-0.1, -0.05) is 39.3 Å². The van der Waals surface area contributed by atoms with Crippen molar-refractivity contribution in [2.24, 2.45) is 5.41 Å². The van der Waals surface area contributed by atoms with Gasteiger partial charge in [0, 0.05) is 6.04 Å². The van der Waals surface area contributed by atoms with E-state index in [2.05, 4.69) is 45.7 Å². The minimum atomic E-state index is 0.383. The van der Waals surface area contributed by atoms with E-state index in [9.17, 15) is 0 Å². The van der Waals surface area contributed by atoms with Crippen LogP contribution in [-0.2, 0) is 0 Å². The SMILES string of the molecule is CCCN(C)[C@@H]1CC=C(C(C)(C)C)CC1. The van der Waals surface area contributed by atoms with Gasteiger partial charge in [0.1, 0.15) is 0 Å². The van der Waals surface area contributed by atoms with E-state index in [1.54, 1.807) is 5.57 Å². The van der Waals surface area contributed by atoms with Crippen LogP contribution in [0.5, 0.6) is 0 Å². The van der Waals surface area contributed by atoms with E-state index in [-0.39, 0.29) is 0 Å². The number of hydrogen-bond acceptors (Lipinski definition) is 1. The summed E-state index contributed by atoms with van der Waals surface area (Å²) in [5, 5.41) is 0. The van der Waals surface area contributed by atoms with E-state index < -0.39 is 0 Å². The van der Waals surface area contributed by atoms with Crippen molar-refractivity contribution in [1.82, 2.24) is 4.90 Å². The number of hydrogen-bond donors (Lipinski definition) is 0. The number of allylic oxidation sites excluding steroid dienone is 1. The molecule has 0 heterocycles. The highest BCUT2D eigenvalue weighted by Crippen LogP contribution is 2.34. The minimum absolute atomic E-state index is 0.383. The van der Waals surface area contributed by atoms with E-state index in [0.717, 1.165) is 6.04 Å². The molecule has 15 heavy (non-hydrogen) atoms. The molecule has 0 aliphatic heterocycles. The molecule has 88 valence electrons. The maximum Gasteiger partial charge on any atom is 0.0130 e. The Labute approximate surface area is 95.5 Å². The van der Waals surface area contributed by atoms with Crippen LogP contribution in [0.4, 0.5) is 0 Å². The lowest BCUT2D eigenvalue weighted by atomic mass is 9.79. The van der Waals surface area contributed by atoms with Crippen LogP contribution in [0.15, 0.2) is 11.6 Å². The Balaban J connectivity index is 2.51. The third-order valence-corrected chi connectivity index (χ3v) is 3.55. The summed E-state index contributed by atoms with van der Waals surface area (Å²) in [4.78, 5) is 2.52. The second-order valence-corrected chi connectivity index (χ2v) is 5.89.